The Balaban J connectivity index is 1.80. The molecule has 0 radical (unpaired) electrons. The minimum atomic E-state index is 0.407. The van der Waals surface area contributed by atoms with E-state index in [1.807, 2.05) is 12.3 Å². The summed E-state index contributed by atoms with van der Waals surface area (Å²) in [6, 6.07) is 4.59. The van der Waals surface area contributed by atoms with Crippen LogP contribution >= 0.6 is 11.3 Å². The maximum atomic E-state index is 5.39. The van der Waals surface area contributed by atoms with Crippen LogP contribution in [0.5, 0.6) is 0 Å². The van der Waals surface area contributed by atoms with Gasteiger partial charge in [0.25, 0.3) is 0 Å². The zero-order valence-corrected chi connectivity index (χ0v) is 18.6. The highest BCUT2D eigenvalue weighted by molar-refractivity contribution is 7.16. The summed E-state index contributed by atoms with van der Waals surface area (Å²) in [6.45, 7) is 11.5. The zero-order chi connectivity index (χ0) is 20.4. The van der Waals surface area contributed by atoms with Gasteiger partial charge in [-0.25, -0.2) is 4.98 Å². The molecule has 0 spiro atoms. The van der Waals surface area contributed by atoms with Crippen molar-refractivity contribution in [1.82, 2.24) is 19.8 Å². The van der Waals surface area contributed by atoms with Gasteiger partial charge in [0.1, 0.15) is 10.7 Å². The number of likely N-dealkylation sites (N-methyl/N-ethyl adjacent to an activating group) is 1. The molecule has 0 bridgehead atoms. The summed E-state index contributed by atoms with van der Waals surface area (Å²) in [4.78, 5) is 14.9. The summed E-state index contributed by atoms with van der Waals surface area (Å²) in [5, 5.41) is 7.92. The molecule has 2 aromatic rings. The lowest BCUT2D eigenvalue weighted by atomic mass is 10.1. The third-order valence-corrected chi connectivity index (χ3v) is 7.05. The molecule has 1 fully saturated rings. The molecule has 1 atom stereocenters. The van der Waals surface area contributed by atoms with Crippen LogP contribution in [0.4, 0.5) is 5.00 Å². The van der Waals surface area contributed by atoms with Crippen LogP contribution in [0.1, 0.15) is 43.8 Å². The fourth-order valence-corrected chi connectivity index (χ4v) is 5.11. The molecule has 1 N–H and O–H groups in total. The van der Waals surface area contributed by atoms with Gasteiger partial charge in [0.2, 0.25) is 0 Å². The van der Waals surface area contributed by atoms with Crippen LogP contribution in [-0.4, -0.2) is 65.7 Å². The highest BCUT2D eigenvalue weighted by Gasteiger charge is 2.31. The fourth-order valence-electron chi connectivity index (χ4n) is 4.17. The lowest BCUT2D eigenvalue weighted by molar-refractivity contribution is 0.0806. The van der Waals surface area contributed by atoms with Gasteiger partial charge in [-0.15, -0.1) is 11.3 Å². The third kappa shape index (κ3) is 4.04. The van der Waals surface area contributed by atoms with Crippen molar-refractivity contribution in [3.8, 4) is 0 Å². The average molecular weight is 414 g/mol. The first kappa shape index (κ1) is 20.3. The molecule has 2 aromatic heterocycles. The Morgan fingerprint density at radius 1 is 1.34 bits per heavy atom. The Morgan fingerprint density at radius 2 is 2.21 bits per heavy atom. The topological polar surface area (TPSA) is 53.5 Å². The molecule has 1 unspecified atom stereocenters. The van der Waals surface area contributed by atoms with Crippen molar-refractivity contribution in [2.75, 3.05) is 45.2 Å². The second kappa shape index (κ2) is 8.81. The van der Waals surface area contributed by atoms with E-state index in [1.165, 1.54) is 0 Å². The second-order valence-corrected chi connectivity index (χ2v) is 9.00. The normalized spacial score (nSPS) is 19.4. The third-order valence-electron chi connectivity index (χ3n) is 5.77. The largest absolute Gasteiger partial charge is 0.385 e. The number of ether oxygens (including phenoxy) is 1. The number of thiazole rings is 1. The number of pyridine rings is 1. The van der Waals surface area contributed by atoms with Crippen molar-refractivity contribution >= 4 is 28.2 Å². The van der Waals surface area contributed by atoms with Gasteiger partial charge in [-0.3, -0.25) is 9.88 Å². The zero-order valence-electron chi connectivity index (χ0n) is 17.8. The van der Waals surface area contributed by atoms with E-state index in [0.717, 1.165) is 71.2 Å². The molecule has 7 heteroatoms. The second-order valence-electron chi connectivity index (χ2n) is 7.97. The number of nitrogens with zero attached hydrogens (tertiary/aromatic N) is 4. The Bertz CT molecular complexity index is 970. The van der Waals surface area contributed by atoms with Crippen molar-refractivity contribution in [3.05, 3.63) is 39.6 Å². The van der Waals surface area contributed by atoms with Crippen LogP contribution in [0, 0.1) is 0 Å². The van der Waals surface area contributed by atoms with Crippen LogP contribution in [0.25, 0.3) is 11.9 Å². The van der Waals surface area contributed by atoms with Gasteiger partial charge < -0.3 is 15.0 Å². The van der Waals surface area contributed by atoms with E-state index >= 15 is 0 Å². The molecule has 29 heavy (non-hydrogen) atoms. The lowest BCUT2D eigenvalue weighted by Gasteiger charge is -2.42. The maximum Gasteiger partial charge on any atom is 0.124 e. The first-order valence-electron chi connectivity index (χ1n) is 10.5. The van der Waals surface area contributed by atoms with Gasteiger partial charge >= 0.3 is 0 Å². The minimum absolute atomic E-state index is 0.407. The highest BCUT2D eigenvalue weighted by Crippen LogP contribution is 2.35. The summed E-state index contributed by atoms with van der Waals surface area (Å²) in [7, 11) is 1.79. The summed E-state index contributed by atoms with van der Waals surface area (Å²) in [6.07, 6.45) is 4.99. The van der Waals surface area contributed by atoms with E-state index in [1.54, 1.807) is 18.4 Å². The minimum Gasteiger partial charge on any atom is -0.385 e. The van der Waals surface area contributed by atoms with E-state index in [-0.39, 0.29) is 0 Å². The van der Waals surface area contributed by atoms with E-state index in [2.05, 4.69) is 48.2 Å². The van der Waals surface area contributed by atoms with Gasteiger partial charge in [-0.05, 0) is 25.1 Å². The molecular weight excluding hydrogens is 382 g/mol. The van der Waals surface area contributed by atoms with Gasteiger partial charge in [0.05, 0.1) is 16.1 Å². The molecule has 0 aromatic carbocycles. The van der Waals surface area contributed by atoms with E-state index in [9.17, 15) is 0 Å². The molecule has 6 nitrogen and oxygen atoms in total. The average Bonchev–Trinajstić information content (AvgIpc) is 3.09. The number of nitrogens with one attached hydrogen (secondary N) is 1. The molecule has 156 valence electrons. The quantitative estimate of drug-likeness (QED) is 0.782. The predicted octanol–water partition coefficient (Wildman–Crippen LogP) is 2.02. The molecule has 2 aliphatic rings. The number of methoxy groups -OCH3 is 1. The number of anilines is 1. The Labute approximate surface area is 176 Å². The fraction of sp³-hybridized carbons (Fsp3) is 0.545. The molecule has 4 heterocycles. The monoisotopic (exact) mass is 413 g/mol. The molecule has 1 saturated heterocycles. The Morgan fingerprint density at radius 3 is 2.97 bits per heavy atom. The SMILES string of the molecule is CCN1CCN(C2=c3ncccc3=CNc3sc(C(C)C)nc32)CC1CCOC. The van der Waals surface area contributed by atoms with Crippen LogP contribution in [-0.2, 0) is 4.74 Å². The van der Waals surface area contributed by atoms with Crippen LogP contribution in [0.3, 0.4) is 0 Å². The number of fused-ring (bicyclic) bond motifs is 2. The standard InChI is InChI=1S/C22H31N5OS/c1-5-26-10-11-27(14-17(26)8-12-28-4)20-18-16(7-6-9-23-18)13-24-22-19(20)25-21(29-22)15(2)3/h6-7,9,13,15,17,24H,5,8,10-12,14H2,1-4H3. The van der Waals surface area contributed by atoms with Gasteiger partial charge in [-0.1, -0.05) is 20.8 Å². The molecule has 0 saturated carbocycles. The Hall–Kier alpha value is -1.96. The molecule has 4 rings (SSSR count). The summed E-state index contributed by atoms with van der Waals surface area (Å²) < 4.78 is 5.39. The molecule has 0 amide bonds. The molecule has 0 aliphatic carbocycles. The van der Waals surface area contributed by atoms with Crippen molar-refractivity contribution in [1.29, 1.82) is 0 Å². The summed E-state index contributed by atoms with van der Waals surface area (Å²) >= 11 is 1.76. The summed E-state index contributed by atoms with van der Waals surface area (Å²) in [5.74, 6) is 0.407. The number of piperazine rings is 1. The number of hydrogen-bond donors (Lipinski definition) is 1. The molecule has 2 aliphatic heterocycles. The summed E-state index contributed by atoms with van der Waals surface area (Å²) in [5.41, 5.74) is 2.21. The molecular formula is C22H31N5OS. The van der Waals surface area contributed by atoms with Gasteiger partial charge in [-0.2, -0.15) is 0 Å². The van der Waals surface area contributed by atoms with E-state index < -0.39 is 0 Å². The van der Waals surface area contributed by atoms with Crippen LogP contribution < -0.4 is 15.9 Å². The van der Waals surface area contributed by atoms with Crippen LogP contribution in [0.2, 0.25) is 0 Å². The smallest absolute Gasteiger partial charge is 0.124 e. The number of rotatable bonds is 6. The number of aromatic nitrogens is 2. The predicted molar refractivity (Wildman–Crippen MR) is 119 cm³/mol. The van der Waals surface area contributed by atoms with Crippen molar-refractivity contribution in [2.24, 2.45) is 0 Å². The van der Waals surface area contributed by atoms with Crippen molar-refractivity contribution in [3.63, 3.8) is 0 Å². The van der Waals surface area contributed by atoms with E-state index in [0.29, 0.717) is 12.0 Å². The van der Waals surface area contributed by atoms with Gasteiger partial charge in [0.15, 0.2) is 0 Å². The maximum absolute atomic E-state index is 5.39. The Kier molecular flexibility index (Phi) is 6.18. The van der Waals surface area contributed by atoms with Crippen LogP contribution in [0.15, 0.2) is 18.3 Å². The first-order valence-corrected chi connectivity index (χ1v) is 11.3. The van der Waals surface area contributed by atoms with Crippen molar-refractivity contribution < 1.29 is 4.74 Å². The van der Waals surface area contributed by atoms with Crippen molar-refractivity contribution in [2.45, 2.75) is 39.2 Å². The first-order chi connectivity index (χ1) is 14.1. The number of hydrogen-bond acceptors (Lipinski definition) is 7. The van der Waals surface area contributed by atoms with Gasteiger partial charge in [0, 0.05) is 62.9 Å². The lowest BCUT2D eigenvalue weighted by Crippen LogP contribution is -2.54. The van der Waals surface area contributed by atoms with E-state index in [4.69, 9.17) is 14.7 Å². The highest BCUT2D eigenvalue weighted by atomic mass is 32.1.